The smallest absolute Gasteiger partial charge is 0.260 e. The van der Waals surface area contributed by atoms with Crippen molar-refractivity contribution in [1.82, 2.24) is 10.2 Å². The van der Waals surface area contributed by atoms with Gasteiger partial charge in [0.2, 0.25) is 0 Å². The maximum absolute atomic E-state index is 12.5. The Hall–Kier alpha value is -2.24. The minimum atomic E-state index is -0.227. The van der Waals surface area contributed by atoms with Gasteiger partial charge in [0.25, 0.3) is 11.8 Å². The van der Waals surface area contributed by atoms with E-state index in [0.717, 1.165) is 16.9 Å². The second kappa shape index (κ2) is 9.51. The van der Waals surface area contributed by atoms with Gasteiger partial charge in [0.15, 0.2) is 6.61 Å². The SMILES string of the molecule is Cc1cccc(OCC(=O)N2CCC(NC(=O)c3ccc(Cl)cc3Cl)CC2)c1C. The van der Waals surface area contributed by atoms with Gasteiger partial charge in [0, 0.05) is 24.2 Å². The highest BCUT2D eigenvalue weighted by molar-refractivity contribution is 6.36. The van der Waals surface area contributed by atoms with Gasteiger partial charge in [-0.05, 0) is 62.1 Å². The average Bonchev–Trinajstić information content (AvgIpc) is 2.69. The monoisotopic (exact) mass is 434 g/mol. The van der Waals surface area contributed by atoms with E-state index in [-0.39, 0.29) is 24.5 Å². The van der Waals surface area contributed by atoms with E-state index < -0.39 is 0 Å². The molecule has 0 saturated carbocycles. The van der Waals surface area contributed by atoms with Crippen LogP contribution < -0.4 is 10.1 Å². The van der Waals surface area contributed by atoms with Crippen LogP contribution in [0.2, 0.25) is 10.0 Å². The van der Waals surface area contributed by atoms with E-state index in [0.29, 0.717) is 41.5 Å². The van der Waals surface area contributed by atoms with Crippen molar-refractivity contribution in [3.63, 3.8) is 0 Å². The maximum Gasteiger partial charge on any atom is 0.260 e. The number of halogens is 2. The van der Waals surface area contributed by atoms with Gasteiger partial charge in [-0.3, -0.25) is 9.59 Å². The highest BCUT2D eigenvalue weighted by Crippen LogP contribution is 2.22. The molecule has 1 aliphatic rings. The summed E-state index contributed by atoms with van der Waals surface area (Å²) in [6, 6.07) is 10.6. The van der Waals surface area contributed by atoms with Crippen molar-refractivity contribution in [2.24, 2.45) is 0 Å². The van der Waals surface area contributed by atoms with Crippen molar-refractivity contribution in [2.75, 3.05) is 19.7 Å². The molecule has 0 radical (unpaired) electrons. The molecule has 0 unspecified atom stereocenters. The van der Waals surface area contributed by atoms with Gasteiger partial charge in [-0.1, -0.05) is 35.3 Å². The van der Waals surface area contributed by atoms with Crippen LogP contribution in [0.5, 0.6) is 5.75 Å². The van der Waals surface area contributed by atoms with E-state index in [2.05, 4.69) is 5.32 Å². The Morgan fingerprint density at radius 2 is 1.86 bits per heavy atom. The van der Waals surface area contributed by atoms with Gasteiger partial charge < -0.3 is 15.0 Å². The van der Waals surface area contributed by atoms with Crippen molar-refractivity contribution in [1.29, 1.82) is 0 Å². The van der Waals surface area contributed by atoms with Gasteiger partial charge in [0.1, 0.15) is 5.75 Å². The van der Waals surface area contributed by atoms with Crippen molar-refractivity contribution >= 4 is 35.0 Å². The molecule has 29 heavy (non-hydrogen) atoms. The summed E-state index contributed by atoms with van der Waals surface area (Å²) < 4.78 is 5.72. The molecule has 0 spiro atoms. The standard InChI is InChI=1S/C22H24Cl2N2O3/c1-14-4-3-5-20(15(14)2)29-13-21(27)26-10-8-17(9-11-26)25-22(28)18-7-6-16(23)12-19(18)24/h3-7,12,17H,8-11,13H2,1-2H3,(H,25,28). The lowest BCUT2D eigenvalue weighted by atomic mass is 10.0. The number of ether oxygens (including phenoxy) is 1. The largest absolute Gasteiger partial charge is 0.483 e. The number of piperidine rings is 1. The predicted molar refractivity (Wildman–Crippen MR) is 115 cm³/mol. The Bertz CT molecular complexity index is 909. The molecule has 3 rings (SSSR count). The van der Waals surface area contributed by atoms with Crippen molar-refractivity contribution in [3.8, 4) is 5.75 Å². The molecule has 7 heteroatoms. The second-order valence-electron chi connectivity index (χ2n) is 7.24. The number of likely N-dealkylation sites (tertiary alicyclic amines) is 1. The molecule has 0 bridgehead atoms. The molecule has 1 N–H and O–H groups in total. The highest BCUT2D eigenvalue weighted by atomic mass is 35.5. The zero-order chi connectivity index (χ0) is 21.0. The minimum Gasteiger partial charge on any atom is -0.483 e. The lowest BCUT2D eigenvalue weighted by molar-refractivity contribution is -0.134. The molecule has 5 nitrogen and oxygen atoms in total. The molecule has 1 heterocycles. The lowest BCUT2D eigenvalue weighted by Gasteiger charge is -2.32. The fourth-order valence-corrected chi connectivity index (χ4v) is 3.82. The van der Waals surface area contributed by atoms with Crippen molar-refractivity contribution in [3.05, 3.63) is 63.1 Å². The first-order chi connectivity index (χ1) is 13.8. The van der Waals surface area contributed by atoms with E-state index in [1.807, 2.05) is 32.0 Å². The number of hydrogen-bond acceptors (Lipinski definition) is 3. The van der Waals surface area contributed by atoms with Crippen LogP contribution in [0.4, 0.5) is 0 Å². The third-order valence-electron chi connectivity index (χ3n) is 5.26. The molecule has 1 fully saturated rings. The third-order valence-corrected chi connectivity index (χ3v) is 5.81. The van der Waals surface area contributed by atoms with Gasteiger partial charge >= 0.3 is 0 Å². The first kappa shape index (κ1) is 21.5. The topological polar surface area (TPSA) is 58.6 Å². The summed E-state index contributed by atoms with van der Waals surface area (Å²) in [5.41, 5.74) is 2.58. The predicted octanol–water partition coefficient (Wildman–Crippen LogP) is 4.41. The van der Waals surface area contributed by atoms with E-state index in [1.54, 1.807) is 23.1 Å². The number of nitrogens with one attached hydrogen (secondary N) is 1. The zero-order valence-corrected chi connectivity index (χ0v) is 18.0. The summed E-state index contributed by atoms with van der Waals surface area (Å²) in [7, 11) is 0. The summed E-state index contributed by atoms with van der Waals surface area (Å²) in [5.74, 6) is 0.464. The van der Waals surface area contributed by atoms with Crippen molar-refractivity contribution < 1.29 is 14.3 Å². The van der Waals surface area contributed by atoms with E-state index in [4.69, 9.17) is 27.9 Å². The molecule has 2 aromatic rings. The van der Waals surface area contributed by atoms with Crippen LogP contribution in [0, 0.1) is 13.8 Å². The molecule has 2 amide bonds. The van der Waals surface area contributed by atoms with Gasteiger partial charge in [-0.25, -0.2) is 0 Å². The summed E-state index contributed by atoms with van der Waals surface area (Å²) in [4.78, 5) is 26.7. The van der Waals surface area contributed by atoms with Crippen LogP contribution >= 0.6 is 23.2 Å². The molecule has 154 valence electrons. The molecule has 0 aromatic heterocycles. The summed E-state index contributed by atoms with van der Waals surface area (Å²) >= 11 is 12.0. The Morgan fingerprint density at radius 1 is 1.14 bits per heavy atom. The highest BCUT2D eigenvalue weighted by Gasteiger charge is 2.25. The van der Waals surface area contributed by atoms with Crippen LogP contribution in [0.3, 0.4) is 0 Å². The van der Waals surface area contributed by atoms with Crippen LogP contribution in [-0.2, 0) is 4.79 Å². The van der Waals surface area contributed by atoms with Crippen LogP contribution in [0.15, 0.2) is 36.4 Å². The number of rotatable bonds is 5. The van der Waals surface area contributed by atoms with Gasteiger partial charge in [0.05, 0.1) is 10.6 Å². The molecule has 2 aromatic carbocycles. The lowest BCUT2D eigenvalue weighted by Crippen LogP contribution is -2.47. The minimum absolute atomic E-state index is 0.00164. The molecule has 0 aliphatic carbocycles. The Balaban J connectivity index is 1.47. The van der Waals surface area contributed by atoms with Crippen LogP contribution in [0.25, 0.3) is 0 Å². The Morgan fingerprint density at radius 3 is 2.55 bits per heavy atom. The molecular formula is C22H24Cl2N2O3. The molecule has 1 aliphatic heterocycles. The summed E-state index contributed by atoms with van der Waals surface area (Å²) in [5, 5.41) is 3.80. The maximum atomic E-state index is 12.5. The molecule has 1 saturated heterocycles. The summed E-state index contributed by atoms with van der Waals surface area (Å²) in [6.07, 6.45) is 1.37. The molecule has 0 atom stereocenters. The number of carbonyl (C=O) groups is 2. The number of carbonyl (C=O) groups excluding carboxylic acids is 2. The molecular weight excluding hydrogens is 411 g/mol. The first-order valence-electron chi connectivity index (χ1n) is 9.58. The summed E-state index contributed by atoms with van der Waals surface area (Å²) in [6.45, 7) is 5.17. The van der Waals surface area contributed by atoms with Gasteiger partial charge in [-0.15, -0.1) is 0 Å². The fraction of sp³-hybridized carbons (Fsp3) is 0.364. The number of nitrogens with zero attached hydrogens (tertiary/aromatic N) is 1. The number of amides is 2. The van der Waals surface area contributed by atoms with Crippen molar-refractivity contribution in [2.45, 2.75) is 32.7 Å². The number of benzene rings is 2. The van der Waals surface area contributed by atoms with Crippen LogP contribution in [-0.4, -0.2) is 42.5 Å². The third kappa shape index (κ3) is 5.43. The van der Waals surface area contributed by atoms with Gasteiger partial charge in [-0.2, -0.15) is 0 Å². The first-order valence-corrected chi connectivity index (χ1v) is 10.3. The number of aryl methyl sites for hydroxylation is 1. The quantitative estimate of drug-likeness (QED) is 0.757. The van der Waals surface area contributed by atoms with E-state index in [1.165, 1.54) is 0 Å². The second-order valence-corrected chi connectivity index (χ2v) is 8.08. The van der Waals surface area contributed by atoms with Crippen LogP contribution in [0.1, 0.15) is 34.3 Å². The normalized spacial score (nSPS) is 14.6. The number of hydrogen-bond donors (Lipinski definition) is 1. The van der Waals surface area contributed by atoms with E-state index in [9.17, 15) is 9.59 Å². The fourth-order valence-electron chi connectivity index (χ4n) is 3.32. The average molecular weight is 435 g/mol. The van der Waals surface area contributed by atoms with E-state index >= 15 is 0 Å². The Kier molecular flexibility index (Phi) is 7.04. The Labute approximate surface area is 180 Å². The zero-order valence-electron chi connectivity index (χ0n) is 16.5.